The average Bonchev–Trinajstić information content (AvgIpc) is 2.83. The second-order valence-corrected chi connectivity index (χ2v) is 5.43. The van der Waals surface area contributed by atoms with E-state index in [0.717, 1.165) is 29.1 Å². The smallest absolute Gasteiger partial charge is 0.258 e. The fourth-order valence-corrected chi connectivity index (χ4v) is 2.66. The number of amides is 1. The van der Waals surface area contributed by atoms with Gasteiger partial charge in [0, 0.05) is 28.3 Å². The summed E-state index contributed by atoms with van der Waals surface area (Å²) in [5.41, 5.74) is 11.8. The molecule has 2 aromatic carbocycles. The molecule has 4 nitrogen and oxygen atoms in total. The van der Waals surface area contributed by atoms with E-state index in [1.807, 2.05) is 31.2 Å². The number of fused-ring (bicyclic) bond motifs is 1. The number of carbonyl (C=O) groups excluding carboxylic acids is 1. The molecule has 0 spiro atoms. The van der Waals surface area contributed by atoms with E-state index in [0.29, 0.717) is 11.3 Å². The van der Waals surface area contributed by atoms with Gasteiger partial charge in [-0.2, -0.15) is 0 Å². The second-order valence-electron chi connectivity index (χ2n) is 5.43. The molecule has 4 N–H and O–H groups in total. The monoisotopic (exact) mass is 293 g/mol. The highest BCUT2D eigenvalue weighted by atomic mass is 16.2. The Morgan fingerprint density at radius 3 is 2.59 bits per heavy atom. The predicted octanol–water partition coefficient (Wildman–Crippen LogP) is 3.63. The van der Waals surface area contributed by atoms with Crippen LogP contribution in [-0.4, -0.2) is 5.91 Å². The largest absolute Gasteiger partial charge is 0.399 e. The fraction of sp³-hybridized carbons (Fsp3) is 0.167. The molecule has 22 heavy (non-hydrogen) atoms. The third-order valence-electron chi connectivity index (χ3n) is 3.86. The van der Waals surface area contributed by atoms with Crippen molar-refractivity contribution in [2.75, 3.05) is 16.4 Å². The van der Waals surface area contributed by atoms with E-state index in [9.17, 15) is 4.79 Å². The van der Waals surface area contributed by atoms with Gasteiger partial charge < -0.3 is 16.4 Å². The van der Waals surface area contributed by atoms with Crippen LogP contribution in [0.3, 0.4) is 0 Å². The maximum atomic E-state index is 12.2. The van der Waals surface area contributed by atoms with Gasteiger partial charge in [0.05, 0.1) is 5.57 Å². The van der Waals surface area contributed by atoms with Crippen molar-refractivity contribution < 1.29 is 4.79 Å². The Kier molecular flexibility index (Phi) is 3.59. The van der Waals surface area contributed by atoms with Crippen molar-refractivity contribution in [2.24, 2.45) is 0 Å². The summed E-state index contributed by atoms with van der Waals surface area (Å²) in [5.74, 6) is -0.101. The van der Waals surface area contributed by atoms with E-state index in [-0.39, 0.29) is 5.91 Å². The van der Waals surface area contributed by atoms with Crippen LogP contribution in [0.4, 0.5) is 17.1 Å². The van der Waals surface area contributed by atoms with Crippen LogP contribution in [0.2, 0.25) is 0 Å². The standard InChI is InChI=1S/C18H19N3O/c1-3-12-4-7-14(8-5-12)20-11(2)17-15-10-13(19)6-9-16(15)21-18(17)22/h4-10,20H,3,19H2,1-2H3,(H,21,22). The molecule has 1 amide bonds. The van der Waals surface area contributed by atoms with Crippen LogP contribution in [0, 0.1) is 0 Å². The first-order valence-electron chi connectivity index (χ1n) is 7.36. The van der Waals surface area contributed by atoms with E-state index in [1.165, 1.54) is 5.56 Å². The zero-order valence-corrected chi connectivity index (χ0v) is 12.7. The Labute approximate surface area is 130 Å². The number of benzene rings is 2. The van der Waals surface area contributed by atoms with Crippen LogP contribution in [-0.2, 0) is 11.2 Å². The molecule has 1 aliphatic rings. The third-order valence-corrected chi connectivity index (χ3v) is 3.86. The van der Waals surface area contributed by atoms with Crippen molar-refractivity contribution in [2.45, 2.75) is 20.3 Å². The summed E-state index contributed by atoms with van der Waals surface area (Å²) in [6.07, 6.45) is 1.01. The summed E-state index contributed by atoms with van der Waals surface area (Å²) in [5, 5.41) is 6.17. The van der Waals surface area contributed by atoms with E-state index in [1.54, 1.807) is 6.07 Å². The molecule has 2 aromatic rings. The minimum absolute atomic E-state index is 0.101. The van der Waals surface area contributed by atoms with Crippen molar-refractivity contribution in [3.63, 3.8) is 0 Å². The van der Waals surface area contributed by atoms with Gasteiger partial charge in [-0.25, -0.2) is 0 Å². The zero-order chi connectivity index (χ0) is 15.7. The van der Waals surface area contributed by atoms with Crippen molar-refractivity contribution in [3.8, 4) is 0 Å². The average molecular weight is 293 g/mol. The molecule has 3 rings (SSSR count). The lowest BCUT2D eigenvalue weighted by Gasteiger charge is -2.10. The number of nitrogens with two attached hydrogens (primary N) is 1. The fourth-order valence-electron chi connectivity index (χ4n) is 2.66. The van der Waals surface area contributed by atoms with E-state index in [2.05, 4.69) is 29.7 Å². The topological polar surface area (TPSA) is 67.2 Å². The summed E-state index contributed by atoms with van der Waals surface area (Å²) >= 11 is 0. The van der Waals surface area contributed by atoms with Gasteiger partial charge >= 0.3 is 0 Å². The first-order chi connectivity index (χ1) is 10.6. The van der Waals surface area contributed by atoms with Crippen molar-refractivity contribution >= 4 is 28.5 Å². The maximum absolute atomic E-state index is 12.2. The summed E-state index contributed by atoms with van der Waals surface area (Å²) in [4.78, 5) is 12.2. The number of aryl methyl sites for hydroxylation is 1. The van der Waals surface area contributed by atoms with Gasteiger partial charge in [-0.1, -0.05) is 19.1 Å². The molecular weight excluding hydrogens is 274 g/mol. The highest BCUT2D eigenvalue weighted by molar-refractivity contribution is 6.32. The predicted molar refractivity (Wildman–Crippen MR) is 91.5 cm³/mol. The van der Waals surface area contributed by atoms with Gasteiger partial charge in [-0.05, 0) is 49.2 Å². The minimum Gasteiger partial charge on any atom is -0.399 e. The molecule has 0 fully saturated rings. The van der Waals surface area contributed by atoms with Crippen LogP contribution in [0.15, 0.2) is 48.2 Å². The number of nitrogen functional groups attached to an aromatic ring is 1. The van der Waals surface area contributed by atoms with E-state index >= 15 is 0 Å². The minimum atomic E-state index is -0.101. The quantitative estimate of drug-likeness (QED) is 0.598. The van der Waals surface area contributed by atoms with E-state index < -0.39 is 0 Å². The lowest BCUT2D eigenvalue weighted by atomic mass is 10.0. The lowest BCUT2D eigenvalue weighted by Crippen LogP contribution is -2.08. The molecule has 0 saturated carbocycles. The van der Waals surface area contributed by atoms with Crippen molar-refractivity contribution in [1.82, 2.24) is 0 Å². The van der Waals surface area contributed by atoms with Crippen LogP contribution in [0.25, 0.3) is 5.57 Å². The highest BCUT2D eigenvalue weighted by Gasteiger charge is 2.26. The Morgan fingerprint density at radius 2 is 1.91 bits per heavy atom. The van der Waals surface area contributed by atoms with Crippen molar-refractivity contribution in [1.29, 1.82) is 0 Å². The Morgan fingerprint density at radius 1 is 1.18 bits per heavy atom. The first kappa shape index (κ1) is 14.2. The van der Waals surface area contributed by atoms with Gasteiger partial charge in [0.25, 0.3) is 5.91 Å². The van der Waals surface area contributed by atoms with Crippen LogP contribution in [0.5, 0.6) is 0 Å². The maximum Gasteiger partial charge on any atom is 0.258 e. The number of hydrogen-bond acceptors (Lipinski definition) is 3. The number of hydrogen-bond donors (Lipinski definition) is 3. The highest BCUT2D eigenvalue weighted by Crippen LogP contribution is 2.35. The summed E-state index contributed by atoms with van der Waals surface area (Å²) < 4.78 is 0. The summed E-state index contributed by atoms with van der Waals surface area (Å²) in [6, 6.07) is 13.7. The van der Waals surface area contributed by atoms with Crippen LogP contribution in [0.1, 0.15) is 25.0 Å². The molecular formula is C18H19N3O. The summed E-state index contributed by atoms with van der Waals surface area (Å²) in [7, 11) is 0. The lowest BCUT2D eigenvalue weighted by molar-refractivity contribution is -0.110. The summed E-state index contributed by atoms with van der Waals surface area (Å²) in [6.45, 7) is 4.03. The second kappa shape index (κ2) is 5.56. The number of anilines is 3. The van der Waals surface area contributed by atoms with Crippen LogP contribution >= 0.6 is 0 Å². The van der Waals surface area contributed by atoms with Crippen molar-refractivity contribution in [3.05, 3.63) is 59.3 Å². The molecule has 0 aromatic heterocycles. The molecule has 0 saturated heterocycles. The normalized spacial score (nSPS) is 15.3. The van der Waals surface area contributed by atoms with Crippen LogP contribution < -0.4 is 16.4 Å². The number of nitrogens with one attached hydrogen (secondary N) is 2. The Hall–Kier alpha value is -2.75. The van der Waals surface area contributed by atoms with E-state index in [4.69, 9.17) is 5.73 Å². The van der Waals surface area contributed by atoms with Gasteiger partial charge in [0.1, 0.15) is 0 Å². The Bertz CT molecular complexity index is 760. The molecule has 1 aliphatic heterocycles. The zero-order valence-electron chi connectivity index (χ0n) is 12.7. The van der Waals surface area contributed by atoms with Gasteiger partial charge in [-0.3, -0.25) is 4.79 Å². The molecule has 4 heteroatoms. The Balaban J connectivity index is 1.95. The van der Waals surface area contributed by atoms with Gasteiger partial charge in [-0.15, -0.1) is 0 Å². The van der Waals surface area contributed by atoms with Gasteiger partial charge in [0.2, 0.25) is 0 Å². The molecule has 0 bridgehead atoms. The van der Waals surface area contributed by atoms with Gasteiger partial charge in [0.15, 0.2) is 0 Å². The SMILES string of the molecule is CCc1ccc(NC(C)=C2C(=O)Nc3ccc(N)cc32)cc1. The molecule has 0 aliphatic carbocycles. The number of allylic oxidation sites excluding steroid dienone is 1. The third kappa shape index (κ3) is 2.55. The number of carbonyl (C=O) groups is 1. The molecule has 112 valence electrons. The first-order valence-corrected chi connectivity index (χ1v) is 7.36. The molecule has 0 atom stereocenters. The molecule has 1 heterocycles. The molecule has 0 radical (unpaired) electrons. The number of rotatable bonds is 3. The molecule has 0 unspecified atom stereocenters.